The third-order valence-corrected chi connectivity index (χ3v) is 2.96. The maximum Gasteiger partial charge on any atom is 0.310 e. The normalized spacial score (nSPS) is 12.3. The van der Waals surface area contributed by atoms with Gasteiger partial charge in [-0.3, -0.25) is 9.48 Å². The number of benzene rings is 1. The topological polar surface area (TPSA) is 55.1 Å². The molecule has 0 amide bonds. The fourth-order valence-corrected chi connectivity index (χ4v) is 1.79. The number of carbonyl (C=O) groups is 1. The first kappa shape index (κ1) is 12.4. The fraction of sp³-hybridized carbons (Fsp3) is 0.286. The molecule has 4 nitrogen and oxygen atoms in total. The van der Waals surface area contributed by atoms with E-state index in [1.807, 2.05) is 48.3 Å². The fourth-order valence-electron chi connectivity index (χ4n) is 1.79. The first-order valence-electron chi connectivity index (χ1n) is 5.87. The minimum atomic E-state index is -0.801. The van der Waals surface area contributed by atoms with E-state index >= 15 is 0 Å². The van der Waals surface area contributed by atoms with E-state index in [0.29, 0.717) is 6.54 Å². The quantitative estimate of drug-likeness (QED) is 0.898. The zero-order valence-corrected chi connectivity index (χ0v) is 10.5. The van der Waals surface area contributed by atoms with Crippen molar-refractivity contribution >= 4 is 5.97 Å². The van der Waals surface area contributed by atoms with Crippen molar-refractivity contribution in [2.24, 2.45) is 0 Å². The predicted molar refractivity (Wildman–Crippen MR) is 68.6 cm³/mol. The maximum absolute atomic E-state index is 10.9. The molecule has 1 N–H and O–H groups in total. The minimum Gasteiger partial charge on any atom is -0.481 e. The first-order chi connectivity index (χ1) is 8.56. The number of carboxylic acids is 1. The Kier molecular flexibility index (Phi) is 3.46. The SMILES string of the molecule is Cc1cnn(Cc2ccc(C(C)C(=O)O)cc2)c1. The highest BCUT2D eigenvalue weighted by Crippen LogP contribution is 2.16. The van der Waals surface area contributed by atoms with Crippen molar-refractivity contribution in [3.63, 3.8) is 0 Å². The third kappa shape index (κ3) is 2.77. The van der Waals surface area contributed by atoms with Crippen LogP contribution in [0.2, 0.25) is 0 Å². The molecular weight excluding hydrogens is 228 g/mol. The highest BCUT2D eigenvalue weighted by atomic mass is 16.4. The molecule has 4 heteroatoms. The highest BCUT2D eigenvalue weighted by molar-refractivity contribution is 5.75. The summed E-state index contributed by atoms with van der Waals surface area (Å²) in [5, 5.41) is 13.1. The predicted octanol–water partition coefficient (Wildman–Crippen LogP) is 2.43. The average Bonchev–Trinajstić information content (AvgIpc) is 2.75. The van der Waals surface area contributed by atoms with Crippen LogP contribution in [0.3, 0.4) is 0 Å². The lowest BCUT2D eigenvalue weighted by molar-refractivity contribution is -0.138. The van der Waals surface area contributed by atoms with Gasteiger partial charge in [-0.2, -0.15) is 5.10 Å². The van der Waals surface area contributed by atoms with Gasteiger partial charge in [-0.15, -0.1) is 0 Å². The van der Waals surface area contributed by atoms with Crippen molar-refractivity contribution in [2.75, 3.05) is 0 Å². The Morgan fingerprint density at radius 2 is 2.06 bits per heavy atom. The average molecular weight is 244 g/mol. The van der Waals surface area contributed by atoms with Crippen molar-refractivity contribution in [1.82, 2.24) is 9.78 Å². The lowest BCUT2D eigenvalue weighted by Gasteiger charge is -2.08. The number of hydrogen-bond donors (Lipinski definition) is 1. The van der Waals surface area contributed by atoms with E-state index in [1.54, 1.807) is 6.92 Å². The number of aliphatic carboxylic acids is 1. The van der Waals surface area contributed by atoms with Crippen LogP contribution < -0.4 is 0 Å². The van der Waals surface area contributed by atoms with Gasteiger partial charge in [0.2, 0.25) is 0 Å². The van der Waals surface area contributed by atoms with Gasteiger partial charge in [-0.25, -0.2) is 0 Å². The first-order valence-corrected chi connectivity index (χ1v) is 5.87. The van der Waals surface area contributed by atoms with E-state index in [-0.39, 0.29) is 0 Å². The van der Waals surface area contributed by atoms with Crippen molar-refractivity contribution in [3.8, 4) is 0 Å². The largest absolute Gasteiger partial charge is 0.481 e. The Morgan fingerprint density at radius 3 is 2.56 bits per heavy atom. The molecule has 0 radical (unpaired) electrons. The molecule has 1 heterocycles. The molecule has 0 fully saturated rings. The van der Waals surface area contributed by atoms with Crippen LogP contribution in [-0.4, -0.2) is 20.9 Å². The van der Waals surface area contributed by atoms with E-state index in [4.69, 9.17) is 5.11 Å². The van der Waals surface area contributed by atoms with Crippen LogP contribution in [0.4, 0.5) is 0 Å². The van der Waals surface area contributed by atoms with Gasteiger partial charge < -0.3 is 5.11 Å². The second kappa shape index (κ2) is 5.04. The minimum absolute atomic E-state index is 0.467. The zero-order valence-electron chi connectivity index (χ0n) is 10.5. The van der Waals surface area contributed by atoms with Gasteiger partial charge in [-0.1, -0.05) is 24.3 Å². The van der Waals surface area contributed by atoms with Crippen LogP contribution in [0.25, 0.3) is 0 Å². The standard InChI is InChI=1S/C14H16N2O2/c1-10-7-15-16(8-10)9-12-3-5-13(6-4-12)11(2)14(17)18/h3-8,11H,9H2,1-2H3,(H,17,18). The van der Waals surface area contributed by atoms with Gasteiger partial charge in [0.1, 0.15) is 0 Å². The summed E-state index contributed by atoms with van der Waals surface area (Å²) in [7, 11) is 0. The Labute approximate surface area is 106 Å². The zero-order chi connectivity index (χ0) is 13.1. The van der Waals surface area contributed by atoms with Crippen LogP contribution in [0.5, 0.6) is 0 Å². The van der Waals surface area contributed by atoms with Gasteiger partial charge in [-0.05, 0) is 30.5 Å². The van der Waals surface area contributed by atoms with Crippen molar-refractivity contribution < 1.29 is 9.90 Å². The summed E-state index contributed by atoms with van der Waals surface area (Å²) >= 11 is 0. The number of hydrogen-bond acceptors (Lipinski definition) is 2. The Hall–Kier alpha value is -2.10. The molecule has 0 saturated heterocycles. The molecule has 0 aliphatic heterocycles. The number of nitrogens with zero attached hydrogens (tertiary/aromatic N) is 2. The van der Waals surface area contributed by atoms with Crippen molar-refractivity contribution in [1.29, 1.82) is 0 Å². The Balaban J connectivity index is 2.10. The van der Waals surface area contributed by atoms with E-state index in [0.717, 1.165) is 16.7 Å². The number of aryl methyl sites for hydroxylation is 1. The van der Waals surface area contributed by atoms with Gasteiger partial charge in [0, 0.05) is 6.20 Å². The second-order valence-electron chi connectivity index (χ2n) is 4.52. The molecule has 2 aromatic rings. The van der Waals surface area contributed by atoms with Gasteiger partial charge >= 0.3 is 5.97 Å². The van der Waals surface area contributed by atoms with Crippen molar-refractivity contribution in [2.45, 2.75) is 26.3 Å². The smallest absolute Gasteiger partial charge is 0.310 e. The molecule has 0 aliphatic rings. The molecular formula is C14H16N2O2. The maximum atomic E-state index is 10.9. The van der Waals surface area contributed by atoms with Gasteiger partial charge in [0.25, 0.3) is 0 Å². The molecule has 1 aromatic heterocycles. The summed E-state index contributed by atoms with van der Waals surface area (Å²) < 4.78 is 1.87. The molecule has 2 rings (SSSR count). The molecule has 1 unspecified atom stereocenters. The van der Waals surface area contributed by atoms with Crippen molar-refractivity contribution in [3.05, 3.63) is 53.3 Å². The van der Waals surface area contributed by atoms with E-state index in [1.165, 1.54) is 0 Å². The molecule has 94 valence electrons. The van der Waals surface area contributed by atoms with Crippen LogP contribution in [0.15, 0.2) is 36.7 Å². The van der Waals surface area contributed by atoms with E-state index in [9.17, 15) is 4.79 Å². The Morgan fingerprint density at radius 1 is 1.39 bits per heavy atom. The van der Waals surface area contributed by atoms with Crippen LogP contribution in [0.1, 0.15) is 29.5 Å². The van der Waals surface area contributed by atoms with E-state index in [2.05, 4.69) is 5.10 Å². The van der Waals surface area contributed by atoms with Crippen LogP contribution in [0, 0.1) is 6.92 Å². The molecule has 1 atom stereocenters. The molecule has 0 bridgehead atoms. The summed E-state index contributed by atoms with van der Waals surface area (Å²) in [5.41, 5.74) is 3.06. The highest BCUT2D eigenvalue weighted by Gasteiger charge is 2.12. The lowest BCUT2D eigenvalue weighted by atomic mass is 10.0. The summed E-state index contributed by atoms with van der Waals surface area (Å²) in [4.78, 5) is 10.9. The summed E-state index contributed by atoms with van der Waals surface area (Å²) in [6.07, 6.45) is 3.80. The van der Waals surface area contributed by atoms with Crippen LogP contribution >= 0.6 is 0 Å². The lowest BCUT2D eigenvalue weighted by Crippen LogP contribution is -2.07. The van der Waals surface area contributed by atoms with Gasteiger partial charge in [0.05, 0.1) is 18.7 Å². The molecule has 0 saturated carbocycles. The molecule has 0 spiro atoms. The number of carboxylic acid groups (broad SMARTS) is 1. The third-order valence-electron chi connectivity index (χ3n) is 2.96. The summed E-state index contributed by atoms with van der Waals surface area (Å²) in [6.45, 7) is 4.39. The molecule has 18 heavy (non-hydrogen) atoms. The van der Waals surface area contributed by atoms with Gasteiger partial charge in [0.15, 0.2) is 0 Å². The summed E-state index contributed by atoms with van der Waals surface area (Å²) in [5.74, 6) is -1.27. The molecule has 1 aromatic carbocycles. The van der Waals surface area contributed by atoms with E-state index < -0.39 is 11.9 Å². The number of aromatic nitrogens is 2. The monoisotopic (exact) mass is 244 g/mol. The second-order valence-corrected chi connectivity index (χ2v) is 4.52. The Bertz CT molecular complexity index is 543. The van der Waals surface area contributed by atoms with Crippen LogP contribution in [-0.2, 0) is 11.3 Å². The molecule has 0 aliphatic carbocycles. The number of rotatable bonds is 4. The summed E-state index contributed by atoms with van der Waals surface area (Å²) in [6, 6.07) is 7.63.